The van der Waals surface area contributed by atoms with Crippen molar-refractivity contribution in [2.45, 2.75) is 43.0 Å². The van der Waals surface area contributed by atoms with Crippen LogP contribution in [0, 0.1) is 0 Å². The highest BCUT2D eigenvalue weighted by Crippen LogP contribution is 2.36. The van der Waals surface area contributed by atoms with Crippen molar-refractivity contribution in [2.24, 2.45) is 0 Å². The number of hydrogen-bond donors (Lipinski definition) is 1. The molecule has 1 N–H and O–H groups in total. The topological polar surface area (TPSA) is 32.3 Å². The zero-order valence-corrected chi connectivity index (χ0v) is 13.0. The van der Waals surface area contributed by atoms with Crippen molar-refractivity contribution >= 4 is 23.4 Å². The Kier molecular flexibility index (Phi) is 4.03. The van der Waals surface area contributed by atoms with Crippen LogP contribution in [0.3, 0.4) is 0 Å². The van der Waals surface area contributed by atoms with E-state index < -0.39 is 0 Å². The molecule has 4 heteroatoms. The van der Waals surface area contributed by atoms with E-state index in [1.54, 1.807) is 4.90 Å². The molecule has 1 amide bonds. The van der Waals surface area contributed by atoms with Crippen LogP contribution in [0.25, 0.3) is 0 Å². The average Bonchev–Trinajstić information content (AvgIpc) is 2.92. The van der Waals surface area contributed by atoms with E-state index in [0.29, 0.717) is 12.5 Å². The van der Waals surface area contributed by atoms with Crippen molar-refractivity contribution in [1.82, 2.24) is 5.32 Å². The summed E-state index contributed by atoms with van der Waals surface area (Å²) in [5, 5.41) is 4.51. The maximum absolute atomic E-state index is 12.1. The van der Waals surface area contributed by atoms with Crippen molar-refractivity contribution in [3.05, 3.63) is 29.8 Å². The second-order valence-corrected chi connectivity index (χ2v) is 6.94. The summed E-state index contributed by atoms with van der Waals surface area (Å²) in [4.78, 5) is 13.9. The van der Waals surface area contributed by atoms with Gasteiger partial charge in [0.15, 0.2) is 0 Å². The number of amides is 1. The second-order valence-electron chi connectivity index (χ2n) is 5.80. The smallest absolute Gasteiger partial charge is 0.228 e. The van der Waals surface area contributed by atoms with Gasteiger partial charge in [-0.05, 0) is 37.1 Å². The first-order valence-electron chi connectivity index (χ1n) is 7.33. The van der Waals surface area contributed by atoms with Gasteiger partial charge in [0, 0.05) is 36.5 Å². The summed E-state index contributed by atoms with van der Waals surface area (Å²) in [7, 11) is 1.87. The summed E-state index contributed by atoms with van der Waals surface area (Å²) in [5.41, 5.74) is 2.32. The van der Waals surface area contributed by atoms with Crippen molar-refractivity contribution in [3.8, 4) is 0 Å². The molecule has 1 aromatic carbocycles. The lowest BCUT2D eigenvalue weighted by molar-refractivity contribution is -0.119. The molecule has 3 rings (SSSR count). The summed E-state index contributed by atoms with van der Waals surface area (Å²) in [6.07, 6.45) is 6.52. The first kappa shape index (κ1) is 14.0. The largest absolute Gasteiger partial charge is 0.315 e. The highest BCUT2D eigenvalue weighted by atomic mass is 32.2. The minimum Gasteiger partial charge on any atom is -0.315 e. The summed E-state index contributed by atoms with van der Waals surface area (Å²) in [6.45, 7) is 0. The van der Waals surface area contributed by atoms with Gasteiger partial charge in [-0.1, -0.05) is 18.2 Å². The standard InChI is InChI=1S/C16H22N2OS/c1-18-15-6-4-3-5-13(15)14(10-16(18)19)17-11-7-8-12(9-11)20-2/h3-6,11-12,14,17H,7-10H2,1-2H3. The van der Waals surface area contributed by atoms with Crippen LogP contribution in [0.15, 0.2) is 24.3 Å². The molecule has 1 aromatic rings. The van der Waals surface area contributed by atoms with E-state index in [1.165, 1.54) is 24.8 Å². The molecule has 0 radical (unpaired) electrons. The van der Waals surface area contributed by atoms with Crippen LogP contribution in [0.1, 0.15) is 37.3 Å². The van der Waals surface area contributed by atoms with E-state index in [1.807, 2.05) is 30.9 Å². The van der Waals surface area contributed by atoms with E-state index in [2.05, 4.69) is 23.7 Å². The Labute approximate surface area is 125 Å². The molecule has 0 aromatic heterocycles. The van der Waals surface area contributed by atoms with Crippen LogP contribution in [0.5, 0.6) is 0 Å². The fourth-order valence-electron chi connectivity index (χ4n) is 3.38. The highest BCUT2D eigenvalue weighted by Gasteiger charge is 2.32. The zero-order valence-electron chi connectivity index (χ0n) is 12.1. The zero-order chi connectivity index (χ0) is 14.1. The molecule has 0 saturated heterocycles. The second kappa shape index (κ2) is 5.78. The normalized spacial score (nSPS) is 29.6. The monoisotopic (exact) mass is 290 g/mol. The van der Waals surface area contributed by atoms with E-state index >= 15 is 0 Å². The minimum atomic E-state index is 0.181. The third-order valence-corrected chi connectivity index (χ3v) is 5.68. The molecular formula is C16H22N2OS. The van der Waals surface area contributed by atoms with Crippen molar-refractivity contribution < 1.29 is 4.79 Å². The van der Waals surface area contributed by atoms with E-state index in [-0.39, 0.29) is 11.9 Å². The summed E-state index contributed by atoms with van der Waals surface area (Å²) in [6, 6.07) is 9.00. The van der Waals surface area contributed by atoms with Crippen LogP contribution in [-0.2, 0) is 4.79 Å². The molecule has 3 unspecified atom stereocenters. The van der Waals surface area contributed by atoms with Crippen LogP contribution in [0.2, 0.25) is 0 Å². The Balaban J connectivity index is 1.77. The van der Waals surface area contributed by atoms with Crippen LogP contribution in [0.4, 0.5) is 5.69 Å². The Bertz CT molecular complexity index is 505. The van der Waals surface area contributed by atoms with Crippen LogP contribution in [-0.4, -0.2) is 30.5 Å². The molecule has 0 bridgehead atoms. The van der Waals surface area contributed by atoms with Crippen molar-refractivity contribution in [3.63, 3.8) is 0 Å². The SMILES string of the molecule is CSC1CCC(NC2CC(=O)N(C)c3ccccc32)C1. The number of carbonyl (C=O) groups is 1. The Morgan fingerprint density at radius 3 is 2.85 bits per heavy atom. The molecule has 3 nitrogen and oxygen atoms in total. The summed E-state index contributed by atoms with van der Waals surface area (Å²) in [5.74, 6) is 0.209. The van der Waals surface area contributed by atoms with Crippen molar-refractivity contribution in [2.75, 3.05) is 18.2 Å². The first-order valence-corrected chi connectivity index (χ1v) is 8.62. The van der Waals surface area contributed by atoms with Gasteiger partial charge >= 0.3 is 0 Å². The van der Waals surface area contributed by atoms with Gasteiger partial charge in [-0.3, -0.25) is 4.79 Å². The number of nitrogens with zero attached hydrogens (tertiary/aromatic N) is 1. The number of anilines is 1. The molecular weight excluding hydrogens is 268 g/mol. The van der Waals surface area contributed by atoms with Gasteiger partial charge in [-0.2, -0.15) is 11.8 Å². The van der Waals surface area contributed by atoms with Gasteiger partial charge < -0.3 is 10.2 Å². The first-order chi connectivity index (χ1) is 9.69. The van der Waals surface area contributed by atoms with Gasteiger partial charge in [-0.25, -0.2) is 0 Å². The maximum atomic E-state index is 12.1. The van der Waals surface area contributed by atoms with Crippen LogP contribution >= 0.6 is 11.8 Å². The number of rotatable bonds is 3. The number of fused-ring (bicyclic) bond motifs is 1. The number of thioether (sulfide) groups is 1. The predicted octanol–water partition coefficient (Wildman–Crippen LogP) is 2.97. The number of para-hydroxylation sites is 1. The predicted molar refractivity (Wildman–Crippen MR) is 85.3 cm³/mol. The third kappa shape index (κ3) is 2.59. The number of carbonyl (C=O) groups excluding carboxylic acids is 1. The Morgan fingerprint density at radius 1 is 1.30 bits per heavy atom. The quantitative estimate of drug-likeness (QED) is 0.929. The van der Waals surface area contributed by atoms with E-state index in [9.17, 15) is 4.79 Å². The maximum Gasteiger partial charge on any atom is 0.228 e. The molecule has 1 saturated carbocycles. The summed E-state index contributed by atoms with van der Waals surface area (Å²) >= 11 is 1.97. The molecule has 1 heterocycles. The fraction of sp³-hybridized carbons (Fsp3) is 0.562. The Hall–Kier alpha value is -1.00. The summed E-state index contributed by atoms with van der Waals surface area (Å²) < 4.78 is 0. The highest BCUT2D eigenvalue weighted by molar-refractivity contribution is 7.99. The molecule has 1 aliphatic carbocycles. The number of benzene rings is 1. The van der Waals surface area contributed by atoms with Crippen LogP contribution < -0.4 is 10.2 Å². The minimum absolute atomic E-state index is 0.181. The lowest BCUT2D eigenvalue weighted by Crippen LogP contribution is -2.40. The van der Waals surface area contributed by atoms with E-state index in [4.69, 9.17) is 0 Å². The van der Waals surface area contributed by atoms with Gasteiger partial charge in [-0.15, -0.1) is 0 Å². The lowest BCUT2D eigenvalue weighted by atomic mass is 9.95. The average molecular weight is 290 g/mol. The lowest BCUT2D eigenvalue weighted by Gasteiger charge is -2.33. The van der Waals surface area contributed by atoms with Crippen molar-refractivity contribution in [1.29, 1.82) is 0 Å². The number of nitrogens with one attached hydrogen (secondary N) is 1. The van der Waals surface area contributed by atoms with Gasteiger partial charge in [0.2, 0.25) is 5.91 Å². The molecule has 0 spiro atoms. The molecule has 20 heavy (non-hydrogen) atoms. The van der Waals surface area contributed by atoms with Gasteiger partial charge in [0.05, 0.1) is 0 Å². The number of hydrogen-bond acceptors (Lipinski definition) is 3. The Morgan fingerprint density at radius 2 is 2.10 bits per heavy atom. The molecule has 2 aliphatic rings. The molecule has 1 fully saturated rings. The fourth-order valence-corrected chi connectivity index (χ4v) is 4.18. The van der Waals surface area contributed by atoms with Gasteiger partial charge in [0.1, 0.15) is 0 Å². The molecule has 1 aliphatic heterocycles. The third-order valence-electron chi connectivity index (χ3n) is 4.58. The molecule has 3 atom stereocenters. The molecule has 108 valence electrons. The van der Waals surface area contributed by atoms with E-state index in [0.717, 1.165) is 10.9 Å². The van der Waals surface area contributed by atoms with Gasteiger partial charge in [0.25, 0.3) is 0 Å².